The molecular formula is C11H12N6. The zero-order chi connectivity index (χ0) is 11.5. The smallest absolute Gasteiger partial charge is 0.152 e. The highest BCUT2D eigenvalue weighted by Gasteiger charge is 2.02. The molecule has 0 saturated heterocycles. The Hall–Kier alpha value is -2.37. The molecule has 17 heavy (non-hydrogen) atoms. The van der Waals surface area contributed by atoms with Crippen molar-refractivity contribution in [2.24, 2.45) is 0 Å². The van der Waals surface area contributed by atoms with Crippen molar-refractivity contribution in [1.82, 2.24) is 24.6 Å². The molecule has 0 unspecified atom stereocenters. The SMILES string of the molecule is c1cn2nccc2c(NCCc2cnc[nH]2)n1. The lowest BCUT2D eigenvalue weighted by molar-refractivity contribution is 0.931. The molecule has 0 atom stereocenters. The summed E-state index contributed by atoms with van der Waals surface area (Å²) in [6, 6.07) is 1.94. The quantitative estimate of drug-likeness (QED) is 0.701. The number of fused-ring (bicyclic) bond motifs is 1. The van der Waals surface area contributed by atoms with Gasteiger partial charge >= 0.3 is 0 Å². The molecule has 0 saturated carbocycles. The molecule has 0 aliphatic heterocycles. The molecule has 3 rings (SSSR count). The van der Waals surface area contributed by atoms with Crippen LogP contribution in [0.25, 0.3) is 5.52 Å². The Labute approximate surface area is 97.7 Å². The van der Waals surface area contributed by atoms with Crippen molar-refractivity contribution in [1.29, 1.82) is 0 Å². The highest BCUT2D eigenvalue weighted by atomic mass is 15.2. The Morgan fingerprint density at radius 2 is 2.35 bits per heavy atom. The van der Waals surface area contributed by atoms with Crippen LogP contribution in [0, 0.1) is 0 Å². The molecule has 0 radical (unpaired) electrons. The fourth-order valence-corrected chi connectivity index (χ4v) is 1.73. The average Bonchev–Trinajstić information content (AvgIpc) is 2.99. The van der Waals surface area contributed by atoms with E-state index in [1.807, 2.05) is 18.5 Å². The predicted octanol–water partition coefficient (Wildman–Crippen LogP) is 1.11. The van der Waals surface area contributed by atoms with Crippen LogP contribution < -0.4 is 5.32 Å². The van der Waals surface area contributed by atoms with Gasteiger partial charge in [0.25, 0.3) is 0 Å². The average molecular weight is 228 g/mol. The van der Waals surface area contributed by atoms with Crippen LogP contribution in [0.15, 0.2) is 37.2 Å². The molecule has 86 valence electrons. The second-order valence-electron chi connectivity index (χ2n) is 3.69. The summed E-state index contributed by atoms with van der Waals surface area (Å²) in [7, 11) is 0. The maximum absolute atomic E-state index is 4.30. The van der Waals surface area contributed by atoms with Gasteiger partial charge in [0, 0.05) is 37.3 Å². The van der Waals surface area contributed by atoms with Crippen molar-refractivity contribution in [2.45, 2.75) is 6.42 Å². The van der Waals surface area contributed by atoms with Crippen LogP contribution >= 0.6 is 0 Å². The van der Waals surface area contributed by atoms with Crippen LogP contribution in [-0.2, 0) is 6.42 Å². The molecule has 6 nitrogen and oxygen atoms in total. The third kappa shape index (κ3) is 1.96. The van der Waals surface area contributed by atoms with E-state index >= 15 is 0 Å². The normalized spacial score (nSPS) is 10.8. The Morgan fingerprint density at radius 3 is 3.24 bits per heavy atom. The molecule has 3 aromatic heterocycles. The molecule has 0 spiro atoms. The van der Waals surface area contributed by atoms with Crippen molar-refractivity contribution in [3.63, 3.8) is 0 Å². The molecule has 6 heteroatoms. The van der Waals surface area contributed by atoms with E-state index in [-0.39, 0.29) is 0 Å². The van der Waals surface area contributed by atoms with Crippen molar-refractivity contribution in [2.75, 3.05) is 11.9 Å². The minimum Gasteiger partial charge on any atom is -0.368 e. The van der Waals surface area contributed by atoms with E-state index in [1.165, 1.54) is 0 Å². The van der Waals surface area contributed by atoms with Gasteiger partial charge < -0.3 is 10.3 Å². The summed E-state index contributed by atoms with van der Waals surface area (Å²) in [5.41, 5.74) is 2.09. The van der Waals surface area contributed by atoms with Crippen LogP contribution in [0.1, 0.15) is 5.69 Å². The van der Waals surface area contributed by atoms with Crippen LogP contribution in [0.5, 0.6) is 0 Å². The number of anilines is 1. The van der Waals surface area contributed by atoms with E-state index in [9.17, 15) is 0 Å². The Balaban J connectivity index is 1.70. The van der Waals surface area contributed by atoms with Gasteiger partial charge in [-0.3, -0.25) is 0 Å². The van der Waals surface area contributed by atoms with Crippen LogP contribution in [0.2, 0.25) is 0 Å². The second-order valence-corrected chi connectivity index (χ2v) is 3.69. The molecule has 0 aliphatic carbocycles. The number of aromatic nitrogens is 5. The number of H-pyrrole nitrogens is 1. The van der Waals surface area contributed by atoms with E-state index in [0.717, 1.165) is 30.0 Å². The fraction of sp³-hybridized carbons (Fsp3) is 0.182. The minimum absolute atomic E-state index is 0.806. The molecule has 0 fully saturated rings. The molecule has 0 amide bonds. The zero-order valence-corrected chi connectivity index (χ0v) is 9.17. The first-order valence-corrected chi connectivity index (χ1v) is 5.43. The lowest BCUT2D eigenvalue weighted by Gasteiger charge is -2.05. The highest BCUT2D eigenvalue weighted by molar-refractivity contribution is 5.66. The van der Waals surface area contributed by atoms with Gasteiger partial charge in [0.1, 0.15) is 5.52 Å². The van der Waals surface area contributed by atoms with Gasteiger partial charge in [-0.25, -0.2) is 14.5 Å². The van der Waals surface area contributed by atoms with E-state index < -0.39 is 0 Å². The largest absolute Gasteiger partial charge is 0.368 e. The predicted molar refractivity (Wildman–Crippen MR) is 63.8 cm³/mol. The Kier molecular flexibility index (Phi) is 2.45. The number of rotatable bonds is 4. The van der Waals surface area contributed by atoms with E-state index in [1.54, 1.807) is 23.2 Å². The fourth-order valence-electron chi connectivity index (χ4n) is 1.73. The third-order valence-corrected chi connectivity index (χ3v) is 2.57. The summed E-state index contributed by atoms with van der Waals surface area (Å²) >= 11 is 0. The van der Waals surface area contributed by atoms with Gasteiger partial charge in [-0.2, -0.15) is 5.10 Å². The molecule has 2 N–H and O–H groups in total. The number of hydrogen-bond acceptors (Lipinski definition) is 4. The van der Waals surface area contributed by atoms with E-state index in [0.29, 0.717) is 0 Å². The lowest BCUT2D eigenvalue weighted by Crippen LogP contribution is -2.07. The van der Waals surface area contributed by atoms with Gasteiger partial charge in [-0.05, 0) is 6.07 Å². The first-order valence-electron chi connectivity index (χ1n) is 5.43. The summed E-state index contributed by atoms with van der Waals surface area (Å²) in [6.07, 6.45) is 9.72. The van der Waals surface area contributed by atoms with Crippen LogP contribution in [0.3, 0.4) is 0 Å². The Morgan fingerprint density at radius 1 is 1.35 bits per heavy atom. The zero-order valence-electron chi connectivity index (χ0n) is 9.17. The van der Waals surface area contributed by atoms with Gasteiger partial charge in [0.15, 0.2) is 5.82 Å². The molecular weight excluding hydrogens is 216 g/mol. The minimum atomic E-state index is 0.806. The number of aromatic amines is 1. The molecule has 0 bridgehead atoms. The van der Waals surface area contributed by atoms with Crippen LogP contribution in [0.4, 0.5) is 5.82 Å². The van der Waals surface area contributed by atoms with Crippen molar-refractivity contribution >= 4 is 11.3 Å². The summed E-state index contributed by atoms with van der Waals surface area (Å²) < 4.78 is 1.80. The van der Waals surface area contributed by atoms with Gasteiger partial charge in [-0.15, -0.1) is 0 Å². The number of hydrogen-bond donors (Lipinski definition) is 2. The van der Waals surface area contributed by atoms with Crippen molar-refractivity contribution in [3.05, 3.63) is 42.9 Å². The summed E-state index contributed by atoms with van der Waals surface area (Å²) in [4.78, 5) is 11.3. The monoisotopic (exact) mass is 228 g/mol. The van der Waals surface area contributed by atoms with Gasteiger partial charge in [0.2, 0.25) is 0 Å². The molecule has 0 aromatic carbocycles. The number of nitrogens with zero attached hydrogens (tertiary/aromatic N) is 4. The van der Waals surface area contributed by atoms with Crippen molar-refractivity contribution in [3.8, 4) is 0 Å². The molecule has 0 aliphatic rings. The molecule has 3 aromatic rings. The maximum Gasteiger partial charge on any atom is 0.152 e. The van der Waals surface area contributed by atoms with E-state index in [4.69, 9.17) is 0 Å². The van der Waals surface area contributed by atoms with Gasteiger partial charge in [0.05, 0.1) is 12.5 Å². The lowest BCUT2D eigenvalue weighted by atomic mass is 10.3. The topological polar surface area (TPSA) is 70.9 Å². The summed E-state index contributed by atoms with van der Waals surface area (Å²) in [6.45, 7) is 0.806. The Bertz CT molecular complexity index is 597. The summed E-state index contributed by atoms with van der Waals surface area (Å²) in [5, 5.41) is 7.45. The van der Waals surface area contributed by atoms with Gasteiger partial charge in [-0.1, -0.05) is 0 Å². The molecule has 3 heterocycles. The van der Waals surface area contributed by atoms with E-state index in [2.05, 4.69) is 25.4 Å². The first-order chi connectivity index (χ1) is 8.43. The second kappa shape index (κ2) is 4.25. The third-order valence-electron chi connectivity index (χ3n) is 2.57. The first kappa shape index (κ1) is 9.83. The standard InChI is InChI=1S/C11H12N6/c1(9-7-12-8-15-9)3-13-11-10-2-4-16-17(10)6-5-14-11/h2,4-8H,1,3H2,(H,12,15)(H,13,14). The highest BCUT2D eigenvalue weighted by Crippen LogP contribution is 2.11. The summed E-state index contributed by atoms with van der Waals surface area (Å²) in [5.74, 6) is 0.851. The van der Waals surface area contributed by atoms with Crippen molar-refractivity contribution < 1.29 is 0 Å². The number of imidazole rings is 1. The van der Waals surface area contributed by atoms with Crippen LogP contribution in [-0.4, -0.2) is 31.1 Å². The number of nitrogens with one attached hydrogen (secondary N) is 2. The maximum atomic E-state index is 4.30.